The van der Waals surface area contributed by atoms with Crippen LogP contribution in [0.1, 0.15) is 44.2 Å². The summed E-state index contributed by atoms with van der Waals surface area (Å²) in [6.07, 6.45) is 0.237. The Morgan fingerprint density at radius 3 is 2.70 bits per heavy atom. The van der Waals surface area contributed by atoms with Gasteiger partial charge in [-0.15, -0.1) is 10.2 Å². The predicted octanol–water partition coefficient (Wildman–Crippen LogP) is 3.49. The minimum atomic E-state index is -0.0492. The van der Waals surface area contributed by atoms with Gasteiger partial charge in [0.1, 0.15) is 6.04 Å². The molecule has 1 atom stereocenters. The summed E-state index contributed by atoms with van der Waals surface area (Å²) >= 11 is 0. The number of aromatic nitrogens is 2. The minimum absolute atomic E-state index is 0.0492. The van der Waals surface area contributed by atoms with Crippen molar-refractivity contribution in [3.05, 3.63) is 41.6 Å². The summed E-state index contributed by atoms with van der Waals surface area (Å²) in [5.74, 6) is 1.15. The Morgan fingerprint density at radius 2 is 2.00 bits per heavy atom. The van der Waals surface area contributed by atoms with Crippen LogP contribution in [0.3, 0.4) is 0 Å². The van der Waals surface area contributed by atoms with Crippen LogP contribution < -0.4 is 5.32 Å². The van der Waals surface area contributed by atoms with Gasteiger partial charge < -0.3 is 19.2 Å². The van der Waals surface area contributed by atoms with Crippen LogP contribution in [0.2, 0.25) is 0 Å². The first-order valence-electron chi connectivity index (χ1n) is 7.89. The van der Waals surface area contributed by atoms with Gasteiger partial charge >= 0.3 is 0 Å². The molecule has 0 saturated carbocycles. The van der Waals surface area contributed by atoms with Crippen LogP contribution in [-0.2, 0) is 16.1 Å². The maximum absolute atomic E-state index is 5.62. The molecular weight excluding hydrogens is 294 g/mol. The second kappa shape index (κ2) is 8.64. The van der Waals surface area contributed by atoms with Gasteiger partial charge in [0, 0.05) is 12.6 Å². The fraction of sp³-hybridized carbons (Fsp3) is 0.529. The molecule has 2 rings (SSSR count). The Labute approximate surface area is 137 Å². The molecule has 1 N–H and O–H groups in total. The van der Waals surface area contributed by atoms with Gasteiger partial charge in [-0.05, 0) is 38.5 Å². The lowest BCUT2D eigenvalue weighted by Crippen LogP contribution is -2.10. The summed E-state index contributed by atoms with van der Waals surface area (Å²) in [6.45, 7) is 9.56. The van der Waals surface area contributed by atoms with Crippen molar-refractivity contribution >= 4 is 5.69 Å². The molecule has 1 heterocycles. The number of ether oxygens (including phenoxy) is 2. The van der Waals surface area contributed by atoms with E-state index >= 15 is 0 Å². The zero-order valence-corrected chi connectivity index (χ0v) is 14.2. The maximum atomic E-state index is 5.62. The first kappa shape index (κ1) is 17.4. The van der Waals surface area contributed by atoms with Crippen molar-refractivity contribution in [2.24, 2.45) is 0 Å². The molecule has 0 bridgehead atoms. The monoisotopic (exact) mass is 319 g/mol. The third-order valence-corrected chi connectivity index (χ3v) is 3.17. The zero-order valence-electron chi connectivity index (χ0n) is 14.2. The highest BCUT2D eigenvalue weighted by molar-refractivity contribution is 5.46. The van der Waals surface area contributed by atoms with E-state index in [9.17, 15) is 0 Å². The van der Waals surface area contributed by atoms with Crippen molar-refractivity contribution in [3.8, 4) is 0 Å². The van der Waals surface area contributed by atoms with Crippen molar-refractivity contribution in [2.75, 3.05) is 18.5 Å². The summed E-state index contributed by atoms with van der Waals surface area (Å²) < 4.78 is 16.5. The number of benzene rings is 1. The van der Waals surface area contributed by atoms with Gasteiger partial charge in [0.25, 0.3) is 0 Å². The zero-order chi connectivity index (χ0) is 16.7. The first-order chi connectivity index (χ1) is 11.0. The van der Waals surface area contributed by atoms with E-state index in [-0.39, 0.29) is 12.1 Å². The molecular formula is C17H25N3O3. The highest BCUT2D eigenvalue weighted by atomic mass is 16.5. The molecule has 0 radical (unpaired) electrons. The third kappa shape index (κ3) is 6.00. The molecule has 0 aliphatic rings. The van der Waals surface area contributed by atoms with Crippen molar-refractivity contribution in [1.29, 1.82) is 0 Å². The minimum Gasteiger partial charge on any atom is -0.423 e. The lowest BCUT2D eigenvalue weighted by atomic mass is 10.2. The van der Waals surface area contributed by atoms with Gasteiger partial charge in [-0.2, -0.15) is 0 Å². The van der Waals surface area contributed by atoms with E-state index in [0.29, 0.717) is 31.6 Å². The summed E-state index contributed by atoms with van der Waals surface area (Å²) in [5, 5.41) is 11.2. The molecule has 1 aromatic heterocycles. The van der Waals surface area contributed by atoms with Crippen molar-refractivity contribution < 1.29 is 13.9 Å². The molecule has 0 fully saturated rings. The number of aryl methyl sites for hydroxylation is 1. The molecule has 0 spiro atoms. The van der Waals surface area contributed by atoms with Gasteiger partial charge in [-0.1, -0.05) is 12.1 Å². The van der Waals surface area contributed by atoms with Gasteiger partial charge in [0.2, 0.25) is 11.8 Å². The summed E-state index contributed by atoms with van der Waals surface area (Å²) in [4.78, 5) is 0. The third-order valence-electron chi connectivity index (χ3n) is 3.17. The molecule has 6 heteroatoms. The van der Waals surface area contributed by atoms with Crippen molar-refractivity contribution in [2.45, 2.75) is 46.4 Å². The highest BCUT2D eigenvalue weighted by Crippen LogP contribution is 2.19. The fourth-order valence-electron chi connectivity index (χ4n) is 2.08. The molecule has 2 aromatic rings. The summed E-state index contributed by atoms with van der Waals surface area (Å²) in [6, 6.07) is 8.05. The largest absolute Gasteiger partial charge is 0.423 e. The molecule has 126 valence electrons. The summed E-state index contributed by atoms with van der Waals surface area (Å²) in [7, 11) is 0. The van der Waals surface area contributed by atoms with E-state index in [2.05, 4.69) is 21.6 Å². The SMILES string of the molecule is Cc1nnc([C@@H](C)Nc2cccc(COCCOC(C)C)c2)o1. The van der Waals surface area contributed by atoms with Crippen LogP contribution in [0.25, 0.3) is 0 Å². The smallest absolute Gasteiger partial charge is 0.238 e. The predicted molar refractivity (Wildman–Crippen MR) is 88.3 cm³/mol. The van der Waals surface area contributed by atoms with Gasteiger partial charge in [0.15, 0.2) is 0 Å². The van der Waals surface area contributed by atoms with E-state index in [1.807, 2.05) is 39.0 Å². The molecule has 23 heavy (non-hydrogen) atoms. The second-order valence-corrected chi connectivity index (χ2v) is 5.70. The van der Waals surface area contributed by atoms with Crippen molar-refractivity contribution in [1.82, 2.24) is 10.2 Å². The van der Waals surface area contributed by atoms with Crippen LogP contribution >= 0.6 is 0 Å². The Morgan fingerprint density at radius 1 is 1.17 bits per heavy atom. The average Bonchev–Trinajstić information content (AvgIpc) is 2.94. The van der Waals surface area contributed by atoms with E-state index in [1.54, 1.807) is 6.92 Å². The lowest BCUT2D eigenvalue weighted by Gasteiger charge is -2.13. The van der Waals surface area contributed by atoms with Crippen LogP contribution in [0.5, 0.6) is 0 Å². The Kier molecular flexibility index (Phi) is 6.55. The van der Waals surface area contributed by atoms with E-state index in [0.717, 1.165) is 11.3 Å². The van der Waals surface area contributed by atoms with Gasteiger partial charge in [-0.3, -0.25) is 0 Å². The highest BCUT2D eigenvalue weighted by Gasteiger charge is 2.12. The normalized spacial score (nSPS) is 12.6. The van der Waals surface area contributed by atoms with Crippen LogP contribution in [0.4, 0.5) is 5.69 Å². The standard InChI is InChI=1S/C17H25N3O3/c1-12(2)22-9-8-21-11-15-6-5-7-16(10-15)18-13(3)17-20-19-14(4)23-17/h5-7,10,12-13,18H,8-9,11H2,1-4H3/t13-/m1/s1. The number of nitrogens with one attached hydrogen (secondary N) is 1. The van der Waals surface area contributed by atoms with E-state index in [1.165, 1.54) is 0 Å². The number of anilines is 1. The Bertz CT molecular complexity index is 598. The number of hydrogen-bond acceptors (Lipinski definition) is 6. The molecule has 0 saturated heterocycles. The summed E-state index contributed by atoms with van der Waals surface area (Å²) in [5.41, 5.74) is 2.10. The maximum Gasteiger partial charge on any atom is 0.238 e. The molecule has 1 aromatic carbocycles. The van der Waals surface area contributed by atoms with Crippen LogP contribution in [0, 0.1) is 6.92 Å². The quantitative estimate of drug-likeness (QED) is 0.714. The first-order valence-corrected chi connectivity index (χ1v) is 7.89. The van der Waals surface area contributed by atoms with E-state index in [4.69, 9.17) is 13.9 Å². The molecule has 0 unspecified atom stereocenters. The molecule has 0 aliphatic heterocycles. The van der Waals surface area contributed by atoms with Gasteiger partial charge in [0.05, 0.1) is 25.9 Å². The lowest BCUT2D eigenvalue weighted by molar-refractivity contribution is 0.0143. The van der Waals surface area contributed by atoms with Crippen LogP contribution in [0.15, 0.2) is 28.7 Å². The molecule has 6 nitrogen and oxygen atoms in total. The number of rotatable bonds is 9. The number of nitrogens with zero attached hydrogens (tertiary/aromatic N) is 2. The topological polar surface area (TPSA) is 69.4 Å². The Balaban J connectivity index is 1.82. The van der Waals surface area contributed by atoms with E-state index < -0.39 is 0 Å². The number of hydrogen-bond donors (Lipinski definition) is 1. The molecule has 0 aliphatic carbocycles. The second-order valence-electron chi connectivity index (χ2n) is 5.70. The Hall–Kier alpha value is -1.92. The average molecular weight is 319 g/mol. The van der Waals surface area contributed by atoms with Gasteiger partial charge in [-0.25, -0.2) is 0 Å². The molecule has 0 amide bonds. The fourth-order valence-corrected chi connectivity index (χ4v) is 2.08. The van der Waals surface area contributed by atoms with Crippen molar-refractivity contribution in [3.63, 3.8) is 0 Å². The van der Waals surface area contributed by atoms with Crippen LogP contribution in [-0.4, -0.2) is 29.5 Å².